The number of nitrogens with zero attached hydrogens (tertiary/aromatic N) is 3. The number of hydrogen-bond donors (Lipinski definition) is 1. The molecule has 2 atom stereocenters. The van der Waals surface area contributed by atoms with Crippen molar-refractivity contribution < 1.29 is 23.0 Å². The van der Waals surface area contributed by atoms with Gasteiger partial charge in [-0.25, -0.2) is 0 Å². The molecule has 0 aromatic carbocycles. The molecular formula is C9H12F3N3O2S. The first kappa shape index (κ1) is 13.5. The highest BCUT2D eigenvalue weighted by Crippen LogP contribution is 2.31. The second kappa shape index (κ2) is 4.98. The fourth-order valence-electron chi connectivity index (χ4n) is 1.76. The third kappa shape index (κ3) is 2.90. The molecule has 5 nitrogen and oxygen atoms in total. The maximum Gasteiger partial charge on any atom is 0.452 e. The van der Waals surface area contributed by atoms with E-state index in [2.05, 4.69) is 9.36 Å². The lowest BCUT2D eigenvalue weighted by Crippen LogP contribution is -2.48. The normalized spacial score (nSPS) is 25.5. The quantitative estimate of drug-likeness (QED) is 0.882. The molecular weight excluding hydrogens is 271 g/mol. The summed E-state index contributed by atoms with van der Waals surface area (Å²) in [6, 6.07) is 0. The van der Waals surface area contributed by atoms with Crippen molar-refractivity contribution in [3.8, 4) is 0 Å². The van der Waals surface area contributed by atoms with Gasteiger partial charge in [0, 0.05) is 24.6 Å². The van der Waals surface area contributed by atoms with E-state index in [9.17, 15) is 13.2 Å². The van der Waals surface area contributed by atoms with Gasteiger partial charge in [-0.2, -0.15) is 22.5 Å². The largest absolute Gasteiger partial charge is 0.452 e. The number of aromatic nitrogens is 2. The minimum atomic E-state index is -4.52. The zero-order valence-electron chi connectivity index (χ0n) is 9.52. The molecule has 1 fully saturated rings. The van der Waals surface area contributed by atoms with Gasteiger partial charge in [0.25, 0.3) is 0 Å². The lowest BCUT2D eigenvalue weighted by molar-refractivity contribution is -0.144. The summed E-state index contributed by atoms with van der Waals surface area (Å²) in [5.74, 6) is -1.12. The zero-order chi connectivity index (χ0) is 13.3. The van der Waals surface area contributed by atoms with Crippen LogP contribution in [-0.4, -0.2) is 46.4 Å². The van der Waals surface area contributed by atoms with E-state index in [0.717, 1.165) is 0 Å². The monoisotopic (exact) mass is 283 g/mol. The molecule has 1 aromatic rings. The average Bonchev–Trinajstić information content (AvgIpc) is 2.77. The zero-order valence-corrected chi connectivity index (χ0v) is 10.3. The Labute approximate surface area is 105 Å². The summed E-state index contributed by atoms with van der Waals surface area (Å²) in [4.78, 5) is 5.13. The highest BCUT2D eigenvalue weighted by atomic mass is 32.1. The standard InChI is InChI=1S/C9H12F3N3O2S/c1-5-2-15(3-6(4-16)17-5)8-13-7(14-18-8)9(10,11)12/h5-6,16H,2-4H2,1H3. The van der Waals surface area contributed by atoms with Gasteiger partial charge in [-0.15, -0.1) is 0 Å². The summed E-state index contributed by atoms with van der Waals surface area (Å²) in [6.07, 6.45) is -5.11. The van der Waals surface area contributed by atoms with E-state index >= 15 is 0 Å². The molecule has 9 heteroatoms. The van der Waals surface area contributed by atoms with Gasteiger partial charge in [0.05, 0.1) is 18.8 Å². The maximum absolute atomic E-state index is 12.4. The van der Waals surface area contributed by atoms with Crippen molar-refractivity contribution in [3.63, 3.8) is 0 Å². The number of ether oxygens (including phenoxy) is 1. The van der Waals surface area contributed by atoms with E-state index in [1.165, 1.54) is 0 Å². The predicted molar refractivity (Wildman–Crippen MR) is 58.5 cm³/mol. The molecule has 2 heterocycles. The molecule has 0 spiro atoms. The number of aliphatic hydroxyl groups is 1. The molecule has 0 saturated carbocycles. The summed E-state index contributed by atoms with van der Waals surface area (Å²) in [6.45, 7) is 2.36. The van der Waals surface area contributed by atoms with Crippen LogP contribution in [0.3, 0.4) is 0 Å². The van der Waals surface area contributed by atoms with Crippen molar-refractivity contribution in [3.05, 3.63) is 5.82 Å². The first-order valence-electron chi connectivity index (χ1n) is 5.32. The van der Waals surface area contributed by atoms with Gasteiger partial charge in [-0.05, 0) is 6.92 Å². The van der Waals surface area contributed by atoms with Crippen LogP contribution < -0.4 is 4.90 Å². The fourth-order valence-corrected chi connectivity index (χ4v) is 2.47. The molecule has 2 unspecified atom stereocenters. The van der Waals surface area contributed by atoms with Crippen molar-refractivity contribution in [2.45, 2.75) is 25.3 Å². The van der Waals surface area contributed by atoms with Crippen molar-refractivity contribution in [2.75, 3.05) is 24.6 Å². The molecule has 1 aromatic heterocycles. The lowest BCUT2D eigenvalue weighted by Gasteiger charge is -2.35. The molecule has 1 aliphatic heterocycles. The van der Waals surface area contributed by atoms with Crippen molar-refractivity contribution >= 4 is 16.7 Å². The van der Waals surface area contributed by atoms with Crippen molar-refractivity contribution in [2.24, 2.45) is 0 Å². The minimum Gasteiger partial charge on any atom is -0.394 e. The Morgan fingerprint density at radius 3 is 2.78 bits per heavy atom. The molecule has 0 aliphatic carbocycles. The van der Waals surface area contributed by atoms with Gasteiger partial charge < -0.3 is 14.7 Å². The lowest BCUT2D eigenvalue weighted by atomic mass is 10.2. The first-order valence-corrected chi connectivity index (χ1v) is 6.09. The van der Waals surface area contributed by atoms with E-state index in [1.54, 1.807) is 11.8 Å². The Morgan fingerprint density at radius 1 is 1.50 bits per heavy atom. The number of aliphatic hydroxyl groups excluding tert-OH is 1. The highest BCUT2D eigenvalue weighted by Gasteiger charge is 2.37. The van der Waals surface area contributed by atoms with E-state index in [4.69, 9.17) is 9.84 Å². The second-order valence-corrected chi connectivity index (χ2v) is 4.78. The molecule has 1 aliphatic rings. The summed E-state index contributed by atoms with van der Waals surface area (Å²) in [5.41, 5.74) is 0. The number of hydrogen-bond acceptors (Lipinski definition) is 6. The summed E-state index contributed by atoms with van der Waals surface area (Å²) in [5, 5.41) is 9.25. The number of morpholine rings is 1. The maximum atomic E-state index is 12.4. The highest BCUT2D eigenvalue weighted by molar-refractivity contribution is 7.09. The van der Waals surface area contributed by atoms with Gasteiger partial charge in [0.15, 0.2) is 0 Å². The molecule has 0 amide bonds. The van der Waals surface area contributed by atoms with Crippen molar-refractivity contribution in [1.82, 2.24) is 9.36 Å². The number of anilines is 1. The van der Waals surface area contributed by atoms with Gasteiger partial charge in [0.1, 0.15) is 0 Å². The third-order valence-electron chi connectivity index (χ3n) is 2.47. The van der Waals surface area contributed by atoms with Gasteiger partial charge >= 0.3 is 6.18 Å². The molecule has 1 saturated heterocycles. The van der Waals surface area contributed by atoms with E-state index < -0.39 is 18.1 Å². The Morgan fingerprint density at radius 2 is 2.22 bits per heavy atom. The molecule has 0 radical (unpaired) electrons. The Kier molecular flexibility index (Phi) is 3.74. The molecule has 1 N–H and O–H groups in total. The van der Waals surface area contributed by atoms with Crippen LogP contribution in [0.15, 0.2) is 0 Å². The first-order chi connectivity index (χ1) is 8.40. The van der Waals surface area contributed by atoms with Crippen LogP contribution in [0.1, 0.15) is 12.7 Å². The third-order valence-corrected chi connectivity index (χ3v) is 3.25. The summed E-state index contributed by atoms with van der Waals surface area (Å²) in [7, 11) is 0. The molecule has 18 heavy (non-hydrogen) atoms. The second-order valence-electron chi connectivity index (χ2n) is 4.05. The van der Waals surface area contributed by atoms with Gasteiger partial charge in [0.2, 0.25) is 11.0 Å². The predicted octanol–water partition coefficient (Wildman–Crippen LogP) is 1.14. The van der Waals surface area contributed by atoms with Crippen LogP contribution in [0.5, 0.6) is 0 Å². The summed E-state index contributed by atoms with van der Waals surface area (Å²) >= 11 is 0.705. The molecule has 2 rings (SSSR count). The Hall–Kier alpha value is -0.930. The molecule has 0 bridgehead atoms. The van der Waals surface area contributed by atoms with Crippen LogP contribution in [-0.2, 0) is 10.9 Å². The Bertz CT molecular complexity index is 412. The smallest absolute Gasteiger partial charge is 0.394 e. The Balaban J connectivity index is 2.13. The number of alkyl halides is 3. The van der Waals surface area contributed by atoms with Crippen LogP contribution in [0.4, 0.5) is 18.3 Å². The van der Waals surface area contributed by atoms with E-state index in [1.807, 2.05) is 0 Å². The van der Waals surface area contributed by atoms with Crippen LogP contribution in [0.25, 0.3) is 0 Å². The SMILES string of the molecule is CC1CN(c2nc(C(F)(F)F)ns2)CC(CO)O1. The minimum absolute atomic E-state index is 0.172. The van der Waals surface area contributed by atoms with E-state index in [-0.39, 0.29) is 17.8 Å². The van der Waals surface area contributed by atoms with Gasteiger partial charge in [-0.3, -0.25) is 0 Å². The number of rotatable bonds is 2. The van der Waals surface area contributed by atoms with Gasteiger partial charge in [-0.1, -0.05) is 0 Å². The topological polar surface area (TPSA) is 58.5 Å². The van der Waals surface area contributed by atoms with Crippen molar-refractivity contribution in [1.29, 1.82) is 0 Å². The van der Waals surface area contributed by atoms with Crippen LogP contribution in [0, 0.1) is 0 Å². The summed E-state index contributed by atoms with van der Waals surface area (Å²) < 4.78 is 45.9. The van der Waals surface area contributed by atoms with E-state index in [0.29, 0.717) is 24.6 Å². The van der Waals surface area contributed by atoms with Crippen LogP contribution in [0.2, 0.25) is 0 Å². The fraction of sp³-hybridized carbons (Fsp3) is 0.778. The number of halogens is 3. The van der Waals surface area contributed by atoms with Crippen LogP contribution >= 0.6 is 11.5 Å². The average molecular weight is 283 g/mol. The molecule has 102 valence electrons.